The third-order valence-electron chi connectivity index (χ3n) is 2.10. The molecule has 0 saturated carbocycles. The van der Waals surface area contributed by atoms with Crippen LogP contribution in [0.5, 0.6) is 0 Å². The van der Waals surface area contributed by atoms with E-state index in [0.29, 0.717) is 15.9 Å². The summed E-state index contributed by atoms with van der Waals surface area (Å²) in [6, 6.07) is 7.21. The van der Waals surface area contributed by atoms with E-state index in [2.05, 4.69) is 27.6 Å². The highest BCUT2D eigenvalue weighted by Crippen LogP contribution is 2.33. The molecule has 0 radical (unpaired) electrons. The molecule has 0 spiro atoms. The molecule has 2 N–H and O–H groups in total. The molecule has 2 aromatic rings. The molecule has 16 heavy (non-hydrogen) atoms. The highest BCUT2D eigenvalue weighted by atomic mass is 127. The topological polar surface area (TPSA) is 38.9 Å². The van der Waals surface area contributed by atoms with Gasteiger partial charge in [-0.2, -0.15) is 0 Å². The minimum Gasteiger partial charge on any atom is -0.383 e. The van der Waals surface area contributed by atoms with Gasteiger partial charge >= 0.3 is 0 Å². The third kappa shape index (κ3) is 2.42. The van der Waals surface area contributed by atoms with Crippen LogP contribution in [0.4, 0.5) is 5.82 Å². The first kappa shape index (κ1) is 12.0. The zero-order valence-electron chi connectivity index (χ0n) is 8.05. The van der Waals surface area contributed by atoms with E-state index in [-0.39, 0.29) is 0 Å². The normalized spacial score (nSPS) is 10.4. The summed E-state index contributed by atoms with van der Waals surface area (Å²) in [5.41, 5.74) is 7.43. The minimum absolute atomic E-state index is 0.449. The number of nitrogens with zero attached hydrogens (tertiary/aromatic N) is 1. The Morgan fingerprint density at radius 1 is 1.12 bits per heavy atom. The Morgan fingerprint density at radius 3 is 2.62 bits per heavy atom. The third-order valence-corrected chi connectivity index (χ3v) is 3.26. The van der Waals surface area contributed by atoms with Crippen LogP contribution < -0.4 is 5.73 Å². The van der Waals surface area contributed by atoms with E-state index in [0.717, 1.165) is 14.7 Å². The van der Waals surface area contributed by atoms with E-state index in [4.69, 9.17) is 28.9 Å². The quantitative estimate of drug-likeness (QED) is 0.768. The molecule has 0 aliphatic carbocycles. The summed E-state index contributed by atoms with van der Waals surface area (Å²) in [6.07, 6.45) is 1.71. The highest BCUT2D eigenvalue weighted by Gasteiger charge is 2.09. The van der Waals surface area contributed by atoms with Gasteiger partial charge in [0.25, 0.3) is 0 Å². The number of pyridine rings is 1. The van der Waals surface area contributed by atoms with Gasteiger partial charge in [-0.05, 0) is 46.9 Å². The lowest BCUT2D eigenvalue weighted by atomic mass is 10.1. The molecule has 0 atom stereocenters. The Morgan fingerprint density at radius 2 is 1.88 bits per heavy atom. The van der Waals surface area contributed by atoms with E-state index >= 15 is 0 Å². The van der Waals surface area contributed by atoms with Gasteiger partial charge < -0.3 is 5.73 Å². The average molecular weight is 365 g/mol. The Hall–Kier alpha value is -0.520. The second-order valence-electron chi connectivity index (χ2n) is 3.21. The predicted octanol–water partition coefficient (Wildman–Crippen LogP) is 4.24. The molecule has 0 bridgehead atoms. The van der Waals surface area contributed by atoms with Crippen molar-refractivity contribution in [2.75, 3.05) is 5.73 Å². The zero-order valence-corrected chi connectivity index (χ0v) is 11.7. The number of anilines is 1. The Bertz CT molecular complexity index is 494. The molecule has 0 aliphatic rings. The van der Waals surface area contributed by atoms with Crippen molar-refractivity contribution < 1.29 is 0 Å². The number of rotatable bonds is 1. The summed E-state index contributed by atoms with van der Waals surface area (Å²) in [5, 5.41) is 1.23. The number of benzene rings is 1. The van der Waals surface area contributed by atoms with E-state index in [1.165, 1.54) is 0 Å². The minimum atomic E-state index is 0.449. The second kappa shape index (κ2) is 4.77. The molecule has 0 aliphatic heterocycles. The summed E-state index contributed by atoms with van der Waals surface area (Å²) in [5.74, 6) is 0.449. The fourth-order valence-electron chi connectivity index (χ4n) is 1.37. The zero-order chi connectivity index (χ0) is 11.7. The summed E-state index contributed by atoms with van der Waals surface area (Å²) in [7, 11) is 0. The van der Waals surface area contributed by atoms with Crippen LogP contribution in [0.3, 0.4) is 0 Å². The molecule has 0 amide bonds. The van der Waals surface area contributed by atoms with Crippen molar-refractivity contribution in [3.8, 4) is 11.1 Å². The van der Waals surface area contributed by atoms with Gasteiger partial charge in [0, 0.05) is 30.9 Å². The summed E-state index contributed by atoms with van der Waals surface area (Å²) < 4.78 is 0.998. The SMILES string of the molecule is Nc1ncc(I)cc1-c1cc(Cl)ccc1Cl. The van der Waals surface area contributed by atoms with E-state index < -0.39 is 0 Å². The molecule has 5 heteroatoms. The molecule has 0 saturated heterocycles. The number of hydrogen-bond donors (Lipinski definition) is 1. The van der Waals surface area contributed by atoms with Crippen molar-refractivity contribution in [2.45, 2.75) is 0 Å². The predicted molar refractivity (Wildman–Crippen MR) is 76.8 cm³/mol. The first-order chi connectivity index (χ1) is 7.58. The van der Waals surface area contributed by atoms with Gasteiger partial charge in [-0.15, -0.1) is 0 Å². The first-order valence-electron chi connectivity index (χ1n) is 4.44. The van der Waals surface area contributed by atoms with Crippen LogP contribution >= 0.6 is 45.8 Å². The molecule has 1 aromatic heterocycles. The molecule has 0 fully saturated rings. The van der Waals surface area contributed by atoms with Crippen LogP contribution in [-0.4, -0.2) is 4.98 Å². The Labute approximate surface area is 117 Å². The van der Waals surface area contributed by atoms with Gasteiger partial charge in [0.2, 0.25) is 0 Å². The number of halogens is 3. The molecular formula is C11H7Cl2IN2. The first-order valence-corrected chi connectivity index (χ1v) is 6.28. The van der Waals surface area contributed by atoms with Crippen LogP contribution in [0.15, 0.2) is 30.5 Å². The second-order valence-corrected chi connectivity index (χ2v) is 5.30. The smallest absolute Gasteiger partial charge is 0.131 e. The van der Waals surface area contributed by atoms with Gasteiger partial charge in [0.05, 0.1) is 0 Å². The fraction of sp³-hybridized carbons (Fsp3) is 0. The van der Waals surface area contributed by atoms with E-state index in [1.54, 1.807) is 24.4 Å². The van der Waals surface area contributed by atoms with Crippen molar-refractivity contribution >= 4 is 51.6 Å². The van der Waals surface area contributed by atoms with Gasteiger partial charge in [-0.1, -0.05) is 23.2 Å². The number of aromatic nitrogens is 1. The molecule has 0 unspecified atom stereocenters. The van der Waals surface area contributed by atoms with Crippen LogP contribution in [0, 0.1) is 3.57 Å². The largest absolute Gasteiger partial charge is 0.383 e. The lowest BCUT2D eigenvalue weighted by Crippen LogP contribution is -1.95. The monoisotopic (exact) mass is 364 g/mol. The van der Waals surface area contributed by atoms with Crippen molar-refractivity contribution in [2.24, 2.45) is 0 Å². The van der Waals surface area contributed by atoms with Crippen molar-refractivity contribution in [3.63, 3.8) is 0 Å². The lowest BCUT2D eigenvalue weighted by Gasteiger charge is -2.08. The molecule has 1 aromatic carbocycles. The molecule has 1 heterocycles. The maximum absolute atomic E-state index is 6.11. The standard InChI is InChI=1S/C11H7Cl2IN2/c12-6-1-2-10(13)8(3-6)9-4-7(14)5-16-11(9)15/h1-5H,(H2,15,16). The summed E-state index contributed by atoms with van der Waals surface area (Å²) in [4.78, 5) is 4.09. The van der Waals surface area contributed by atoms with Crippen LogP contribution in [0.25, 0.3) is 11.1 Å². The summed E-state index contributed by atoms with van der Waals surface area (Å²) >= 11 is 14.2. The molecule has 2 nitrogen and oxygen atoms in total. The van der Waals surface area contributed by atoms with Gasteiger partial charge in [0.1, 0.15) is 5.82 Å². The van der Waals surface area contributed by atoms with Gasteiger partial charge in [0.15, 0.2) is 0 Å². The van der Waals surface area contributed by atoms with Gasteiger partial charge in [-0.3, -0.25) is 0 Å². The molecular weight excluding hydrogens is 358 g/mol. The maximum Gasteiger partial charge on any atom is 0.131 e. The van der Waals surface area contributed by atoms with Crippen molar-refractivity contribution in [3.05, 3.63) is 44.1 Å². The molecule has 2 rings (SSSR count). The van der Waals surface area contributed by atoms with Crippen LogP contribution in [0.1, 0.15) is 0 Å². The fourth-order valence-corrected chi connectivity index (χ4v) is 2.21. The van der Waals surface area contributed by atoms with E-state index in [9.17, 15) is 0 Å². The van der Waals surface area contributed by atoms with Crippen molar-refractivity contribution in [1.82, 2.24) is 4.98 Å². The van der Waals surface area contributed by atoms with E-state index in [1.807, 2.05) is 6.07 Å². The van der Waals surface area contributed by atoms with Crippen molar-refractivity contribution in [1.29, 1.82) is 0 Å². The average Bonchev–Trinajstić information content (AvgIpc) is 2.25. The summed E-state index contributed by atoms with van der Waals surface area (Å²) in [6.45, 7) is 0. The van der Waals surface area contributed by atoms with Crippen LogP contribution in [0.2, 0.25) is 10.0 Å². The molecule has 82 valence electrons. The number of nitrogen functional groups attached to an aromatic ring is 1. The Balaban J connectivity index is 2.66. The maximum atomic E-state index is 6.11. The highest BCUT2D eigenvalue weighted by molar-refractivity contribution is 14.1. The van der Waals surface area contributed by atoms with Crippen LogP contribution in [-0.2, 0) is 0 Å². The Kier molecular flexibility index (Phi) is 3.56. The lowest BCUT2D eigenvalue weighted by molar-refractivity contribution is 1.32. The van der Waals surface area contributed by atoms with Gasteiger partial charge in [-0.25, -0.2) is 4.98 Å². The number of nitrogens with two attached hydrogens (primary N) is 1. The number of hydrogen-bond acceptors (Lipinski definition) is 2.